The first-order valence-electron chi connectivity index (χ1n) is 7.31. The highest BCUT2D eigenvalue weighted by Crippen LogP contribution is 2.23. The first kappa shape index (κ1) is 15.7. The van der Waals surface area contributed by atoms with Gasteiger partial charge in [0.15, 0.2) is 0 Å². The minimum Gasteiger partial charge on any atom is -0.480 e. The number of amides is 1. The number of carbonyl (C=O) groups is 2. The van der Waals surface area contributed by atoms with Gasteiger partial charge in [0.1, 0.15) is 18.1 Å². The second kappa shape index (κ2) is 6.16. The molecule has 0 atom stereocenters. The smallest absolute Gasteiger partial charge is 0.323 e. The normalized spacial score (nSPS) is 10.8. The molecule has 24 heavy (non-hydrogen) atoms. The van der Waals surface area contributed by atoms with E-state index in [1.54, 1.807) is 24.3 Å². The van der Waals surface area contributed by atoms with Gasteiger partial charge in [-0.3, -0.25) is 9.59 Å². The number of anilines is 1. The highest BCUT2D eigenvalue weighted by molar-refractivity contribution is 6.07. The molecule has 0 aliphatic rings. The summed E-state index contributed by atoms with van der Waals surface area (Å²) >= 11 is 0. The molecule has 0 aliphatic heterocycles. The Morgan fingerprint density at radius 2 is 1.88 bits per heavy atom. The van der Waals surface area contributed by atoms with Gasteiger partial charge in [-0.2, -0.15) is 0 Å². The molecule has 3 aromatic rings. The lowest BCUT2D eigenvalue weighted by Gasteiger charge is -2.18. The van der Waals surface area contributed by atoms with Gasteiger partial charge >= 0.3 is 5.97 Å². The molecule has 0 saturated heterocycles. The van der Waals surface area contributed by atoms with Crippen LogP contribution in [0.2, 0.25) is 0 Å². The van der Waals surface area contributed by atoms with Gasteiger partial charge in [-0.1, -0.05) is 24.3 Å². The van der Waals surface area contributed by atoms with Crippen molar-refractivity contribution in [2.45, 2.75) is 6.54 Å². The fourth-order valence-electron chi connectivity index (χ4n) is 2.67. The minimum atomic E-state index is -1.04. The molecule has 2 aromatic carbocycles. The van der Waals surface area contributed by atoms with Gasteiger partial charge in [-0.15, -0.1) is 0 Å². The van der Waals surface area contributed by atoms with E-state index < -0.39 is 17.7 Å². The average molecular weight is 326 g/mol. The molecular weight excluding hydrogens is 311 g/mol. The van der Waals surface area contributed by atoms with Crippen LogP contribution in [0.3, 0.4) is 0 Å². The van der Waals surface area contributed by atoms with Crippen molar-refractivity contribution in [3.05, 3.63) is 66.1 Å². The van der Waals surface area contributed by atoms with Gasteiger partial charge in [0.25, 0.3) is 5.91 Å². The molecule has 0 aliphatic carbocycles. The first-order valence-corrected chi connectivity index (χ1v) is 7.31. The molecular formula is C18H15FN2O3. The van der Waals surface area contributed by atoms with Gasteiger partial charge < -0.3 is 14.6 Å². The summed E-state index contributed by atoms with van der Waals surface area (Å²) in [4.78, 5) is 25.3. The zero-order valence-electron chi connectivity index (χ0n) is 12.9. The van der Waals surface area contributed by atoms with E-state index in [9.17, 15) is 14.0 Å². The molecule has 1 amide bonds. The van der Waals surface area contributed by atoms with Crippen LogP contribution >= 0.6 is 0 Å². The summed E-state index contributed by atoms with van der Waals surface area (Å²) in [5.41, 5.74) is 1.30. The van der Waals surface area contributed by atoms with Crippen LogP contribution in [0, 0.1) is 5.82 Å². The van der Waals surface area contributed by atoms with Crippen LogP contribution in [-0.4, -0.2) is 28.6 Å². The molecule has 5 nitrogen and oxygen atoms in total. The maximum absolute atomic E-state index is 13.4. The van der Waals surface area contributed by atoms with Crippen LogP contribution in [0.1, 0.15) is 10.5 Å². The summed E-state index contributed by atoms with van der Waals surface area (Å²) in [7, 11) is 1.53. The number of nitrogens with zero attached hydrogens (tertiary/aromatic N) is 2. The van der Waals surface area contributed by atoms with Crippen LogP contribution in [0.15, 0.2) is 54.6 Å². The Kier molecular flexibility index (Phi) is 4.04. The molecule has 0 saturated carbocycles. The van der Waals surface area contributed by atoms with Crippen molar-refractivity contribution in [3.63, 3.8) is 0 Å². The second-order valence-electron chi connectivity index (χ2n) is 5.41. The number of para-hydroxylation sites is 1. The third-order valence-corrected chi connectivity index (χ3v) is 3.82. The third-order valence-electron chi connectivity index (χ3n) is 3.82. The average Bonchev–Trinajstić information content (AvgIpc) is 2.91. The highest BCUT2D eigenvalue weighted by Gasteiger charge is 2.21. The van der Waals surface area contributed by atoms with Crippen molar-refractivity contribution in [1.29, 1.82) is 0 Å². The molecule has 0 fully saturated rings. The number of fused-ring (bicyclic) bond motifs is 1. The number of aliphatic carboxylic acids is 1. The summed E-state index contributed by atoms with van der Waals surface area (Å²) in [5, 5.41) is 9.92. The Morgan fingerprint density at radius 3 is 2.58 bits per heavy atom. The lowest BCUT2D eigenvalue weighted by atomic mass is 10.2. The third kappa shape index (κ3) is 2.86. The van der Waals surface area contributed by atoms with Gasteiger partial charge in [-0.25, -0.2) is 4.39 Å². The number of benzene rings is 2. The molecule has 6 heteroatoms. The topological polar surface area (TPSA) is 62.5 Å². The number of hydrogen-bond donors (Lipinski definition) is 1. The Labute approximate surface area is 137 Å². The molecule has 0 bridgehead atoms. The van der Waals surface area contributed by atoms with E-state index in [1.807, 2.05) is 12.1 Å². The highest BCUT2D eigenvalue weighted by atomic mass is 19.1. The maximum atomic E-state index is 13.4. The number of rotatable bonds is 4. The fraction of sp³-hybridized carbons (Fsp3) is 0.111. The summed E-state index contributed by atoms with van der Waals surface area (Å²) < 4.78 is 14.8. The minimum absolute atomic E-state index is 0.241. The van der Waals surface area contributed by atoms with Crippen LogP contribution in [0.25, 0.3) is 10.9 Å². The summed E-state index contributed by atoms with van der Waals surface area (Å²) in [6.45, 7) is -0.328. The van der Waals surface area contributed by atoms with Gasteiger partial charge in [0.05, 0.1) is 0 Å². The van der Waals surface area contributed by atoms with Crippen molar-refractivity contribution in [2.24, 2.45) is 0 Å². The number of carboxylic acids is 1. The summed E-state index contributed by atoms with van der Waals surface area (Å²) in [6, 6.07) is 14.5. The van der Waals surface area contributed by atoms with Crippen molar-refractivity contribution in [1.82, 2.24) is 4.57 Å². The molecule has 122 valence electrons. The van der Waals surface area contributed by atoms with Crippen molar-refractivity contribution >= 4 is 28.5 Å². The molecule has 0 unspecified atom stereocenters. The van der Waals surface area contributed by atoms with E-state index in [-0.39, 0.29) is 12.2 Å². The van der Waals surface area contributed by atoms with E-state index in [0.29, 0.717) is 11.2 Å². The fourth-order valence-corrected chi connectivity index (χ4v) is 2.67. The standard InChI is InChI=1S/C18H15FN2O3/c1-20(14-7-4-6-13(19)10-14)18(24)16-9-12-5-2-3-8-15(12)21(16)11-17(22)23/h2-10H,11H2,1H3,(H,22,23). The predicted molar refractivity (Wildman–Crippen MR) is 88.7 cm³/mol. The zero-order chi connectivity index (χ0) is 17.3. The van der Waals surface area contributed by atoms with E-state index in [4.69, 9.17) is 5.11 Å². The molecule has 1 heterocycles. The monoisotopic (exact) mass is 326 g/mol. The lowest BCUT2D eigenvalue weighted by Crippen LogP contribution is -2.29. The Hall–Kier alpha value is -3.15. The first-order chi connectivity index (χ1) is 11.5. The second-order valence-corrected chi connectivity index (χ2v) is 5.41. The predicted octanol–water partition coefficient (Wildman–Crippen LogP) is 3.14. The molecule has 3 rings (SSSR count). The Morgan fingerprint density at radius 1 is 1.12 bits per heavy atom. The van der Waals surface area contributed by atoms with Crippen molar-refractivity contribution in [3.8, 4) is 0 Å². The van der Waals surface area contributed by atoms with Crippen LogP contribution in [-0.2, 0) is 11.3 Å². The summed E-state index contributed by atoms with van der Waals surface area (Å²) in [6.07, 6.45) is 0. The number of halogens is 1. The van der Waals surface area contributed by atoms with Gasteiger partial charge in [0, 0.05) is 23.6 Å². The van der Waals surface area contributed by atoms with Crippen LogP contribution in [0.5, 0.6) is 0 Å². The molecule has 1 N–H and O–H groups in total. The van der Waals surface area contributed by atoms with E-state index >= 15 is 0 Å². The van der Waals surface area contributed by atoms with E-state index in [0.717, 1.165) is 5.39 Å². The van der Waals surface area contributed by atoms with Gasteiger partial charge in [0.2, 0.25) is 0 Å². The lowest BCUT2D eigenvalue weighted by molar-refractivity contribution is -0.137. The molecule has 0 spiro atoms. The van der Waals surface area contributed by atoms with E-state index in [1.165, 1.54) is 34.7 Å². The maximum Gasteiger partial charge on any atom is 0.323 e. The number of carbonyl (C=O) groups excluding carboxylic acids is 1. The largest absolute Gasteiger partial charge is 0.480 e. The molecule has 0 radical (unpaired) electrons. The quantitative estimate of drug-likeness (QED) is 0.801. The number of carboxylic acid groups (broad SMARTS) is 1. The van der Waals surface area contributed by atoms with Crippen LogP contribution < -0.4 is 4.90 Å². The summed E-state index contributed by atoms with van der Waals surface area (Å²) in [5.74, 6) is -1.89. The Balaban J connectivity index is 2.07. The number of aromatic nitrogens is 1. The number of hydrogen-bond acceptors (Lipinski definition) is 2. The van der Waals surface area contributed by atoms with Gasteiger partial charge in [-0.05, 0) is 30.3 Å². The Bertz CT molecular complexity index is 933. The van der Waals surface area contributed by atoms with Crippen molar-refractivity contribution < 1.29 is 19.1 Å². The molecule has 1 aromatic heterocycles. The van der Waals surface area contributed by atoms with Crippen molar-refractivity contribution in [2.75, 3.05) is 11.9 Å². The van der Waals surface area contributed by atoms with E-state index in [2.05, 4.69) is 0 Å². The van der Waals surface area contributed by atoms with Crippen LogP contribution in [0.4, 0.5) is 10.1 Å². The zero-order valence-corrected chi connectivity index (χ0v) is 12.9. The SMILES string of the molecule is CN(C(=O)c1cc2ccccc2n1CC(=O)O)c1cccc(F)c1.